The van der Waals surface area contributed by atoms with Crippen molar-refractivity contribution in [3.05, 3.63) is 33.3 Å². The highest BCUT2D eigenvalue weighted by atomic mass is 79.9. The Labute approximate surface area is 136 Å². The van der Waals surface area contributed by atoms with Crippen LogP contribution in [-0.2, 0) is 6.54 Å². The average molecular weight is 360 g/mol. The zero-order chi connectivity index (χ0) is 14.5. The van der Waals surface area contributed by atoms with Gasteiger partial charge in [0.25, 0.3) is 0 Å². The van der Waals surface area contributed by atoms with Gasteiger partial charge in [-0.3, -0.25) is 4.90 Å². The molecule has 1 saturated heterocycles. The fourth-order valence-corrected chi connectivity index (χ4v) is 3.56. The highest BCUT2D eigenvalue weighted by molar-refractivity contribution is 9.10. The number of piperidine rings is 1. The van der Waals surface area contributed by atoms with Crippen molar-refractivity contribution in [3.63, 3.8) is 0 Å². The van der Waals surface area contributed by atoms with Gasteiger partial charge in [0, 0.05) is 28.6 Å². The molecule has 0 radical (unpaired) electrons. The van der Waals surface area contributed by atoms with Crippen LogP contribution >= 0.6 is 27.5 Å². The molecular weight excluding hydrogens is 336 g/mol. The SMILES string of the molecule is CC(C)NCC1CCCN(Cc2ccc(Cl)cc2Br)C1. The average Bonchev–Trinajstić information content (AvgIpc) is 2.40. The van der Waals surface area contributed by atoms with Crippen molar-refractivity contribution in [1.29, 1.82) is 0 Å². The lowest BCUT2D eigenvalue weighted by molar-refractivity contribution is 0.163. The van der Waals surface area contributed by atoms with Crippen LogP contribution in [0.1, 0.15) is 32.3 Å². The largest absolute Gasteiger partial charge is 0.314 e. The Morgan fingerprint density at radius 3 is 2.95 bits per heavy atom. The van der Waals surface area contributed by atoms with Gasteiger partial charge < -0.3 is 5.32 Å². The molecule has 20 heavy (non-hydrogen) atoms. The van der Waals surface area contributed by atoms with Crippen LogP contribution in [0.4, 0.5) is 0 Å². The Balaban J connectivity index is 1.89. The number of rotatable bonds is 5. The lowest BCUT2D eigenvalue weighted by atomic mass is 9.97. The Morgan fingerprint density at radius 2 is 2.25 bits per heavy atom. The lowest BCUT2D eigenvalue weighted by Gasteiger charge is -2.33. The number of nitrogens with one attached hydrogen (secondary N) is 1. The summed E-state index contributed by atoms with van der Waals surface area (Å²) < 4.78 is 1.12. The maximum Gasteiger partial charge on any atom is 0.0417 e. The number of benzene rings is 1. The van der Waals surface area contributed by atoms with Crippen LogP contribution in [0, 0.1) is 5.92 Å². The third-order valence-corrected chi connectivity index (χ3v) is 4.80. The second-order valence-corrected chi connectivity index (χ2v) is 7.33. The van der Waals surface area contributed by atoms with Gasteiger partial charge >= 0.3 is 0 Å². The Bertz CT molecular complexity index is 436. The van der Waals surface area contributed by atoms with Crippen molar-refractivity contribution < 1.29 is 0 Å². The second-order valence-electron chi connectivity index (χ2n) is 6.04. The van der Waals surface area contributed by atoms with Crippen LogP contribution < -0.4 is 5.32 Å². The molecule has 0 saturated carbocycles. The zero-order valence-corrected chi connectivity index (χ0v) is 14.7. The molecule has 112 valence electrons. The summed E-state index contributed by atoms with van der Waals surface area (Å²) >= 11 is 9.62. The molecule has 0 amide bonds. The summed E-state index contributed by atoms with van der Waals surface area (Å²) in [4.78, 5) is 2.56. The first-order valence-electron chi connectivity index (χ1n) is 7.44. The third kappa shape index (κ3) is 5.03. The zero-order valence-electron chi connectivity index (χ0n) is 12.3. The molecule has 0 spiro atoms. The Morgan fingerprint density at radius 1 is 1.45 bits per heavy atom. The Kier molecular flexibility index (Phi) is 6.34. The molecule has 2 nitrogen and oxygen atoms in total. The second kappa shape index (κ2) is 7.79. The van der Waals surface area contributed by atoms with Crippen LogP contribution in [0.2, 0.25) is 5.02 Å². The van der Waals surface area contributed by atoms with Crippen molar-refractivity contribution in [1.82, 2.24) is 10.2 Å². The van der Waals surface area contributed by atoms with Gasteiger partial charge in [-0.1, -0.05) is 47.4 Å². The number of halogens is 2. The molecule has 4 heteroatoms. The third-order valence-electron chi connectivity index (χ3n) is 3.83. The molecule has 2 rings (SSSR count). The molecule has 1 N–H and O–H groups in total. The standard InChI is InChI=1S/C16H24BrClN2/c1-12(2)19-9-13-4-3-7-20(10-13)11-14-5-6-15(18)8-16(14)17/h5-6,8,12-13,19H,3-4,7,9-11H2,1-2H3. The molecule has 1 atom stereocenters. The van der Waals surface area contributed by atoms with E-state index in [4.69, 9.17) is 11.6 Å². The summed E-state index contributed by atoms with van der Waals surface area (Å²) in [6, 6.07) is 6.67. The van der Waals surface area contributed by atoms with Crippen molar-refractivity contribution in [2.75, 3.05) is 19.6 Å². The fraction of sp³-hybridized carbons (Fsp3) is 0.625. The molecule has 1 heterocycles. The monoisotopic (exact) mass is 358 g/mol. The van der Waals surface area contributed by atoms with Crippen LogP contribution in [0.15, 0.2) is 22.7 Å². The normalized spacial score (nSPS) is 20.6. The summed E-state index contributed by atoms with van der Waals surface area (Å²) in [5, 5.41) is 4.36. The summed E-state index contributed by atoms with van der Waals surface area (Å²) in [5.41, 5.74) is 1.33. The van der Waals surface area contributed by atoms with Gasteiger partial charge in [-0.15, -0.1) is 0 Å². The van der Waals surface area contributed by atoms with Gasteiger partial charge in [0.15, 0.2) is 0 Å². The van der Waals surface area contributed by atoms with E-state index in [1.54, 1.807) is 0 Å². The molecule has 0 aliphatic carbocycles. The topological polar surface area (TPSA) is 15.3 Å². The summed E-state index contributed by atoms with van der Waals surface area (Å²) in [6.07, 6.45) is 2.65. The molecule has 1 fully saturated rings. The first kappa shape index (κ1) is 16.3. The maximum absolute atomic E-state index is 6.00. The summed E-state index contributed by atoms with van der Waals surface area (Å²) in [6.45, 7) is 8.96. The minimum absolute atomic E-state index is 0.579. The van der Waals surface area contributed by atoms with E-state index in [0.717, 1.165) is 28.5 Å². The van der Waals surface area contributed by atoms with E-state index in [2.05, 4.69) is 46.1 Å². The van der Waals surface area contributed by atoms with Crippen molar-refractivity contribution in [2.45, 2.75) is 39.3 Å². The predicted molar refractivity (Wildman–Crippen MR) is 90.3 cm³/mol. The van der Waals surface area contributed by atoms with Gasteiger partial charge in [0.05, 0.1) is 0 Å². The van der Waals surface area contributed by atoms with Crippen LogP contribution in [-0.4, -0.2) is 30.6 Å². The quantitative estimate of drug-likeness (QED) is 0.842. The molecule has 0 aromatic heterocycles. The predicted octanol–water partition coefficient (Wildman–Crippen LogP) is 4.31. The molecular formula is C16H24BrClN2. The number of hydrogen-bond acceptors (Lipinski definition) is 2. The minimum atomic E-state index is 0.579. The molecule has 1 aliphatic heterocycles. The van der Waals surface area contributed by atoms with Crippen molar-refractivity contribution >= 4 is 27.5 Å². The number of hydrogen-bond donors (Lipinski definition) is 1. The Hall–Kier alpha value is -0.0900. The van der Waals surface area contributed by atoms with Gasteiger partial charge in [-0.05, 0) is 49.5 Å². The van der Waals surface area contributed by atoms with Crippen molar-refractivity contribution in [2.24, 2.45) is 5.92 Å². The number of nitrogens with zero attached hydrogens (tertiary/aromatic N) is 1. The van der Waals surface area contributed by atoms with Crippen LogP contribution in [0.3, 0.4) is 0 Å². The molecule has 1 aromatic rings. The molecule has 1 aromatic carbocycles. The summed E-state index contributed by atoms with van der Waals surface area (Å²) in [7, 11) is 0. The lowest BCUT2D eigenvalue weighted by Crippen LogP contribution is -2.40. The van der Waals surface area contributed by atoms with E-state index in [0.29, 0.717) is 6.04 Å². The van der Waals surface area contributed by atoms with Gasteiger partial charge in [0.1, 0.15) is 0 Å². The van der Waals surface area contributed by atoms with Crippen LogP contribution in [0.5, 0.6) is 0 Å². The van der Waals surface area contributed by atoms with E-state index in [9.17, 15) is 0 Å². The van der Waals surface area contributed by atoms with Gasteiger partial charge in [-0.2, -0.15) is 0 Å². The van der Waals surface area contributed by atoms with Crippen LogP contribution in [0.25, 0.3) is 0 Å². The van der Waals surface area contributed by atoms with Gasteiger partial charge in [-0.25, -0.2) is 0 Å². The highest BCUT2D eigenvalue weighted by Crippen LogP contribution is 2.25. The van der Waals surface area contributed by atoms with E-state index in [1.165, 1.54) is 31.5 Å². The highest BCUT2D eigenvalue weighted by Gasteiger charge is 2.20. The first-order chi connectivity index (χ1) is 9.54. The van der Waals surface area contributed by atoms with E-state index < -0.39 is 0 Å². The number of likely N-dealkylation sites (tertiary alicyclic amines) is 1. The minimum Gasteiger partial charge on any atom is -0.314 e. The van der Waals surface area contributed by atoms with E-state index >= 15 is 0 Å². The molecule has 0 bridgehead atoms. The van der Waals surface area contributed by atoms with E-state index in [-0.39, 0.29) is 0 Å². The maximum atomic E-state index is 6.00. The van der Waals surface area contributed by atoms with Crippen molar-refractivity contribution in [3.8, 4) is 0 Å². The molecule has 1 unspecified atom stereocenters. The van der Waals surface area contributed by atoms with Gasteiger partial charge in [0.2, 0.25) is 0 Å². The fourth-order valence-electron chi connectivity index (χ4n) is 2.75. The van der Waals surface area contributed by atoms with E-state index in [1.807, 2.05) is 12.1 Å². The first-order valence-corrected chi connectivity index (χ1v) is 8.61. The molecule has 1 aliphatic rings. The smallest absolute Gasteiger partial charge is 0.0417 e. The summed E-state index contributed by atoms with van der Waals surface area (Å²) in [5.74, 6) is 0.775.